The van der Waals surface area contributed by atoms with E-state index in [9.17, 15) is 4.79 Å². The van der Waals surface area contributed by atoms with Crippen LogP contribution in [0.5, 0.6) is 5.75 Å². The average molecular weight is 264 g/mol. The summed E-state index contributed by atoms with van der Waals surface area (Å²) in [5, 5.41) is 20.3. The van der Waals surface area contributed by atoms with Gasteiger partial charge < -0.3 is 9.84 Å². The van der Waals surface area contributed by atoms with Crippen molar-refractivity contribution in [1.82, 2.24) is 5.32 Å². The lowest BCUT2D eigenvalue weighted by Crippen LogP contribution is -2.33. The number of nitrogens with zero attached hydrogens (tertiary/aromatic N) is 1. The molecule has 0 radical (unpaired) electrons. The summed E-state index contributed by atoms with van der Waals surface area (Å²) in [5.41, 5.74) is 1.01. The summed E-state index contributed by atoms with van der Waals surface area (Å²) in [6.45, 7) is 0.0247. The fraction of sp³-hybridized carbons (Fsp3) is 0.333. The van der Waals surface area contributed by atoms with Gasteiger partial charge in [-0.25, -0.2) is 0 Å². The third kappa shape index (κ3) is 2.94. The number of nitriles is 1. The van der Waals surface area contributed by atoms with Crippen molar-refractivity contribution < 1.29 is 14.6 Å². The van der Waals surface area contributed by atoms with Crippen molar-refractivity contribution in [2.45, 2.75) is 11.4 Å². The Balaban J connectivity index is 1.98. The molecule has 0 spiro atoms. The van der Waals surface area contributed by atoms with Gasteiger partial charge in [0, 0.05) is 5.75 Å². The number of hydrogen-bond donors (Lipinski definition) is 2. The Morgan fingerprint density at radius 1 is 1.56 bits per heavy atom. The lowest BCUT2D eigenvalue weighted by atomic mass is 10.2. The molecule has 0 aliphatic carbocycles. The van der Waals surface area contributed by atoms with Gasteiger partial charge in [-0.15, -0.1) is 11.8 Å². The van der Waals surface area contributed by atoms with Crippen molar-refractivity contribution in [1.29, 1.82) is 5.26 Å². The zero-order chi connectivity index (χ0) is 13.0. The Bertz CT molecular complexity index is 469. The van der Waals surface area contributed by atoms with Crippen molar-refractivity contribution >= 4 is 17.7 Å². The average Bonchev–Trinajstić information content (AvgIpc) is 2.87. The first kappa shape index (κ1) is 12.7. The van der Waals surface area contributed by atoms with Crippen molar-refractivity contribution in [3.05, 3.63) is 29.8 Å². The summed E-state index contributed by atoms with van der Waals surface area (Å²) in [6, 6.07) is 8.72. The van der Waals surface area contributed by atoms with Crippen LogP contribution in [-0.2, 0) is 4.79 Å². The third-order valence-corrected chi connectivity index (χ3v) is 3.83. The van der Waals surface area contributed by atoms with Gasteiger partial charge in [-0.3, -0.25) is 10.1 Å². The molecule has 2 atom stereocenters. The van der Waals surface area contributed by atoms with Crippen LogP contribution in [0.3, 0.4) is 0 Å². The van der Waals surface area contributed by atoms with E-state index in [1.54, 1.807) is 23.9 Å². The van der Waals surface area contributed by atoms with Gasteiger partial charge in [0.25, 0.3) is 0 Å². The lowest BCUT2D eigenvalue weighted by Gasteiger charge is -2.11. The van der Waals surface area contributed by atoms with E-state index in [2.05, 4.69) is 5.32 Å². The van der Waals surface area contributed by atoms with Crippen LogP contribution < -0.4 is 10.1 Å². The number of ether oxygens (including phenoxy) is 1. The number of carbonyl (C=O) groups is 1. The second-order valence-corrected chi connectivity index (χ2v) is 4.92. The van der Waals surface area contributed by atoms with Crippen molar-refractivity contribution in [3.63, 3.8) is 0 Å². The van der Waals surface area contributed by atoms with Gasteiger partial charge in [-0.05, 0) is 17.7 Å². The quantitative estimate of drug-likeness (QED) is 0.855. The van der Waals surface area contributed by atoms with Crippen molar-refractivity contribution in [2.75, 3.05) is 12.4 Å². The first-order valence-corrected chi connectivity index (χ1v) is 6.46. The molecule has 94 valence electrons. The number of carboxylic acids is 1. The van der Waals surface area contributed by atoms with Crippen LogP contribution in [0, 0.1) is 11.3 Å². The number of aliphatic carboxylic acids is 1. The molecule has 0 saturated carbocycles. The van der Waals surface area contributed by atoms with E-state index in [-0.39, 0.29) is 12.0 Å². The number of hydrogen-bond acceptors (Lipinski definition) is 5. The molecule has 0 bridgehead atoms. The topological polar surface area (TPSA) is 82.3 Å². The van der Waals surface area contributed by atoms with Crippen LogP contribution in [0.2, 0.25) is 0 Å². The van der Waals surface area contributed by atoms with Gasteiger partial charge in [0.1, 0.15) is 17.9 Å². The van der Waals surface area contributed by atoms with Gasteiger partial charge >= 0.3 is 5.97 Å². The minimum Gasteiger partial charge on any atom is -0.480 e. The molecule has 18 heavy (non-hydrogen) atoms. The first-order valence-electron chi connectivity index (χ1n) is 5.41. The molecule has 1 aromatic carbocycles. The van der Waals surface area contributed by atoms with Crippen molar-refractivity contribution in [2.24, 2.45) is 0 Å². The maximum Gasteiger partial charge on any atom is 0.321 e. The normalized spacial score (nSPS) is 22.4. The molecule has 0 amide bonds. The summed E-state index contributed by atoms with van der Waals surface area (Å²) < 4.78 is 5.15. The highest BCUT2D eigenvalue weighted by molar-refractivity contribution is 7.99. The van der Waals surface area contributed by atoms with E-state index >= 15 is 0 Å². The zero-order valence-corrected chi connectivity index (χ0v) is 10.3. The maximum atomic E-state index is 10.8. The molecular weight excluding hydrogens is 252 g/mol. The summed E-state index contributed by atoms with van der Waals surface area (Å²) in [6.07, 6.45) is 0. The van der Waals surface area contributed by atoms with Crippen LogP contribution in [0.15, 0.2) is 24.3 Å². The Labute approximate surface area is 109 Å². The molecule has 1 aliphatic rings. The Morgan fingerprint density at radius 2 is 2.28 bits per heavy atom. The smallest absolute Gasteiger partial charge is 0.321 e. The van der Waals surface area contributed by atoms with Gasteiger partial charge in [-0.1, -0.05) is 12.1 Å². The highest BCUT2D eigenvalue weighted by Gasteiger charge is 2.30. The second-order valence-electron chi connectivity index (χ2n) is 3.79. The second kappa shape index (κ2) is 5.76. The van der Waals surface area contributed by atoms with Gasteiger partial charge in [0.05, 0.1) is 5.37 Å². The number of nitrogens with one attached hydrogen (secondary N) is 1. The van der Waals surface area contributed by atoms with Gasteiger partial charge in [0.2, 0.25) is 0 Å². The van der Waals surface area contributed by atoms with Crippen molar-refractivity contribution in [3.8, 4) is 11.8 Å². The van der Waals surface area contributed by atoms with Crippen LogP contribution >= 0.6 is 11.8 Å². The summed E-state index contributed by atoms with van der Waals surface area (Å²) in [5.74, 6) is 0.379. The molecular formula is C12H12N2O3S. The first-order chi connectivity index (χ1) is 8.70. The number of carboxylic acid groups (broad SMARTS) is 1. The lowest BCUT2D eigenvalue weighted by molar-refractivity contribution is -0.138. The number of benzene rings is 1. The van der Waals surface area contributed by atoms with Crippen LogP contribution in [0.4, 0.5) is 0 Å². The predicted molar refractivity (Wildman–Crippen MR) is 67.3 cm³/mol. The molecule has 2 N–H and O–H groups in total. The van der Waals surface area contributed by atoms with Gasteiger partial charge in [-0.2, -0.15) is 5.26 Å². The summed E-state index contributed by atoms with van der Waals surface area (Å²) in [7, 11) is 0. The standard InChI is InChI=1S/C12H12N2O3S/c13-5-6-17-9-3-1-8(2-4-9)11-14-10(7-18-11)12(15)16/h1-4,10-11,14H,6-7H2,(H,15,16)/t10-,11-/m0/s1. The largest absolute Gasteiger partial charge is 0.480 e. The zero-order valence-electron chi connectivity index (χ0n) is 9.50. The number of rotatable bonds is 4. The number of thioether (sulfide) groups is 1. The Kier molecular flexibility index (Phi) is 4.07. The van der Waals surface area contributed by atoms with E-state index in [1.807, 2.05) is 18.2 Å². The van der Waals surface area contributed by atoms with Crippen LogP contribution in [0.25, 0.3) is 0 Å². The fourth-order valence-corrected chi connectivity index (χ4v) is 2.89. The molecule has 1 fully saturated rings. The monoisotopic (exact) mass is 264 g/mol. The highest BCUT2D eigenvalue weighted by atomic mass is 32.2. The molecule has 6 heteroatoms. The molecule has 5 nitrogen and oxygen atoms in total. The SMILES string of the molecule is N#CCOc1ccc([C@H]2N[C@H](C(=O)O)CS2)cc1. The minimum absolute atomic E-state index is 0.00360. The molecule has 1 saturated heterocycles. The third-order valence-electron chi connectivity index (χ3n) is 2.57. The molecule has 2 rings (SSSR count). The minimum atomic E-state index is -0.820. The van der Waals surface area contributed by atoms with E-state index in [1.165, 1.54) is 0 Å². The van der Waals surface area contributed by atoms with Crippen LogP contribution in [-0.4, -0.2) is 29.5 Å². The molecule has 0 unspecified atom stereocenters. The van der Waals surface area contributed by atoms with E-state index in [4.69, 9.17) is 15.1 Å². The summed E-state index contributed by atoms with van der Waals surface area (Å²) in [4.78, 5) is 10.8. The molecule has 1 aliphatic heterocycles. The Hall–Kier alpha value is -1.71. The molecule has 1 heterocycles. The summed E-state index contributed by atoms with van der Waals surface area (Å²) >= 11 is 1.57. The van der Waals surface area contributed by atoms with Gasteiger partial charge in [0.15, 0.2) is 6.61 Å². The predicted octanol–water partition coefficient (Wildman–Crippen LogP) is 1.38. The fourth-order valence-electron chi connectivity index (χ4n) is 1.66. The van der Waals surface area contributed by atoms with E-state index < -0.39 is 12.0 Å². The van der Waals surface area contributed by atoms with E-state index in [0.29, 0.717) is 11.5 Å². The molecule has 0 aromatic heterocycles. The maximum absolute atomic E-state index is 10.8. The Morgan fingerprint density at radius 3 is 2.83 bits per heavy atom. The van der Waals surface area contributed by atoms with Crippen LogP contribution in [0.1, 0.15) is 10.9 Å². The van der Waals surface area contributed by atoms with E-state index in [0.717, 1.165) is 5.56 Å². The highest BCUT2D eigenvalue weighted by Crippen LogP contribution is 2.33. The molecule has 1 aromatic rings.